The first kappa shape index (κ1) is 18.5. The molecular weight excluding hydrogens is 340 g/mol. The molecule has 0 fully saturated rings. The van der Waals surface area contributed by atoms with Gasteiger partial charge in [-0.3, -0.25) is 9.59 Å². The molecule has 1 aliphatic heterocycles. The lowest BCUT2D eigenvalue weighted by atomic mass is 9.85. The number of nitrogens with one attached hydrogen (secondary N) is 1. The number of fused-ring (bicyclic) bond motifs is 1. The van der Waals surface area contributed by atoms with E-state index < -0.39 is 5.91 Å². The first-order chi connectivity index (χ1) is 12.8. The smallest absolute Gasteiger partial charge is 0.271 e. The minimum absolute atomic E-state index is 0.0588. The molecule has 0 unspecified atom stereocenters. The van der Waals surface area contributed by atoms with Crippen molar-refractivity contribution in [2.24, 2.45) is 16.0 Å². The Morgan fingerprint density at radius 3 is 2.56 bits per heavy atom. The molecule has 0 bridgehead atoms. The van der Waals surface area contributed by atoms with Crippen LogP contribution in [0.1, 0.15) is 42.3 Å². The third kappa shape index (κ3) is 4.11. The first-order valence-corrected chi connectivity index (χ1v) is 8.70. The monoisotopic (exact) mass is 362 g/mol. The highest BCUT2D eigenvalue weighted by atomic mass is 16.1. The predicted octanol–water partition coefficient (Wildman–Crippen LogP) is 3.75. The van der Waals surface area contributed by atoms with Crippen molar-refractivity contribution in [2.75, 3.05) is 0 Å². The second-order valence-electron chi connectivity index (χ2n) is 7.24. The molecule has 6 nitrogen and oxygen atoms in total. The van der Waals surface area contributed by atoms with Crippen LogP contribution in [-0.2, 0) is 11.2 Å². The van der Waals surface area contributed by atoms with Crippen LogP contribution < -0.4 is 11.1 Å². The average Bonchev–Trinajstić information content (AvgIpc) is 2.60. The Morgan fingerprint density at radius 1 is 1.11 bits per heavy atom. The van der Waals surface area contributed by atoms with Crippen molar-refractivity contribution in [3.05, 3.63) is 70.9 Å². The third-order valence-corrected chi connectivity index (χ3v) is 4.37. The molecule has 2 aromatic rings. The fourth-order valence-corrected chi connectivity index (χ4v) is 3.15. The lowest BCUT2D eigenvalue weighted by Crippen LogP contribution is -2.44. The van der Waals surface area contributed by atoms with E-state index >= 15 is 0 Å². The van der Waals surface area contributed by atoms with Crippen molar-refractivity contribution in [1.29, 1.82) is 0 Å². The minimum atomic E-state index is -0.670. The zero-order valence-corrected chi connectivity index (χ0v) is 15.6. The van der Waals surface area contributed by atoms with Crippen molar-refractivity contribution < 1.29 is 9.59 Å². The summed E-state index contributed by atoms with van der Waals surface area (Å²) in [5.74, 6) is -0.735. The van der Waals surface area contributed by atoms with Gasteiger partial charge in [-0.1, -0.05) is 36.4 Å². The second kappa shape index (κ2) is 7.15. The van der Waals surface area contributed by atoms with E-state index in [1.807, 2.05) is 24.3 Å². The van der Waals surface area contributed by atoms with Gasteiger partial charge < -0.3 is 11.1 Å². The van der Waals surface area contributed by atoms with Crippen molar-refractivity contribution in [3.8, 4) is 0 Å². The van der Waals surface area contributed by atoms with Gasteiger partial charge in [0.25, 0.3) is 5.91 Å². The molecule has 27 heavy (non-hydrogen) atoms. The highest BCUT2D eigenvalue weighted by Gasteiger charge is 2.30. The van der Waals surface area contributed by atoms with Crippen LogP contribution in [0, 0.1) is 0 Å². The average molecular weight is 362 g/mol. The molecule has 3 rings (SSSR count). The molecule has 0 spiro atoms. The number of primary amides is 1. The minimum Gasteiger partial charge on any atom is -0.377 e. The summed E-state index contributed by atoms with van der Waals surface area (Å²) in [6, 6.07) is 14.6. The Kier molecular flexibility index (Phi) is 4.90. The molecule has 1 aliphatic rings. The lowest BCUT2D eigenvalue weighted by Gasteiger charge is -2.35. The fraction of sp³-hybridized carbons (Fsp3) is 0.238. The van der Waals surface area contributed by atoms with Gasteiger partial charge in [0, 0.05) is 16.7 Å². The summed E-state index contributed by atoms with van der Waals surface area (Å²) in [5, 5.41) is 11.6. The normalized spacial score (nSPS) is 17.1. The number of carbonyl (C=O) groups is 2. The van der Waals surface area contributed by atoms with Crippen LogP contribution in [0.2, 0.25) is 0 Å². The van der Waals surface area contributed by atoms with Crippen LogP contribution in [0.25, 0.3) is 5.70 Å². The van der Waals surface area contributed by atoms with E-state index in [1.165, 1.54) is 6.92 Å². The molecular formula is C21H22N4O2. The van der Waals surface area contributed by atoms with Gasteiger partial charge >= 0.3 is 0 Å². The molecule has 0 aromatic heterocycles. The number of rotatable bonds is 4. The van der Waals surface area contributed by atoms with Crippen molar-refractivity contribution in [1.82, 2.24) is 5.32 Å². The summed E-state index contributed by atoms with van der Waals surface area (Å²) in [4.78, 5) is 23.7. The summed E-state index contributed by atoms with van der Waals surface area (Å²) in [6.07, 6.45) is 0.816. The number of nitrogens with zero attached hydrogens (tertiary/aromatic N) is 2. The molecule has 0 saturated carbocycles. The van der Waals surface area contributed by atoms with E-state index in [0.717, 1.165) is 17.5 Å². The van der Waals surface area contributed by atoms with Gasteiger partial charge in [-0.25, -0.2) is 0 Å². The van der Waals surface area contributed by atoms with E-state index in [4.69, 9.17) is 5.73 Å². The third-order valence-electron chi connectivity index (χ3n) is 4.37. The van der Waals surface area contributed by atoms with E-state index in [1.54, 1.807) is 24.3 Å². The summed E-state index contributed by atoms with van der Waals surface area (Å²) < 4.78 is 0. The topological polar surface area (TPSA) is 96.9 Å². The van der Waals surface area contributed by atoms with Gasteiger partial charge in [-0.2, -0.15) is 5.11 Å². The maximum atomic E-state index is 12.1. The van der Waals surface area contributed by atoms with Gasteiger partial charge in [0.05, 0.1) is 11.4 Å². The number of hydrogen-bond acceptors (Lipinski definition) is 5. The highest BCUT2D eigenvalue weighted by molar-refractivity contribution is 6.00. The number of nitrogens with two attached hydrogens (primary N) is 1. The van der Waals surface area contributed by atoms with Crippen LogP contribution in [-0.4, -0.2) is 17.2 Å². The molecule has 6 heteroatoms. The van der Waals surface area contributed by atoms with Crippen LogP contribution in [0.5, 0.6) is 0 Å². The SMILES string of the molecule is CC(=O)c1cccc(N=NC(C(N)=O)=C2NC(C)(C)Cc3ccccc32)c1. The number of Topliss-reactive ketones (excluding diaryl/α,β-unsaturated/α-hetero) is 1. The molecule has 2 aromatic carbocycles. The van der Waals surface area contributed by atoms with Crippen LogP contribution >= 0.6 is 0 Å². The summed E-state index contributed by atoms with van der Waals surface area (Å²) in [5.41, 5.74) is 9.00. The number of amides is 1. The van der Waals surface area contributed by atoms with E-state index in [-0.39, 0.29) is 17.0 Å². The number of hydrogen-bond donors (Lipinski definition) is 2. The van der Waals surface area contributed by atoms with E-state index in [9.17, 15) is 9.59 Å². The fourth-order valence-electron chi connectivity index (χ4n) is 3.15. The Balaban J connectivity index is 2.09. The van der Waals surface area contributed by atoms with E-state index in [2.05, 4.69) is 29.4 Å². The van der Waals surface area contributed by atoms with E-state index in [0.29, 0.717) is 16.9 Å². The Hall–Kier alpha value is -3.28. The number of azo groups is 1. The maximum absolute atomic E-state index is 12.1. The summed E-state index contributed by atoms with van der Waals surface area (Å²) >= 11 is 0. The molecule has 1 amide bonds. The highest BCUT2D eigenvalue weighted by Crippen LogP contribution is 2.32. The maximum Gasteiger partial charge on any atom is 0.271 e. The molecule has 0 atom stereocenters. The summed E-state index contributed by atoms with van der Waals surface area (Å²) in [6.45, 7) is 5.59. The molecule has 0 saturated heterocycles. The van der Waals surface area contributed by atoms with Gasteiger partial charge in [0.15, 0.2) is 11.5 Å². The standard InChI is InChI=1S/C21H22N4O2/c1-13(26)14-8-6-9-16(11-14)24-25-19(20(22)27)18-17-10-5-4-7-15(17)12-21(2,3)23-18/h4-11,23H,12H2,1-3H3,(H2,22,27). The molecule has 138 valence electrons. The molecule has 3 N–H and O–H groups in total. The largest absolute Gasteiger partial charge is 0.377 e. The summed E-state index contributed by atoms with van der Waals surface area (Å²) in [7, 11) is 0. The number of ketones is 1. The van der Waals surface area contributed by atoms with Gasteiger partial charge in [0.2, 0.25) is 0 Å². The van der Waals surface area contributed by atoms with Crippen LogP contribution in [0.3, 0.4) is 0 Å². The predicted molar refractivity (Wildman–Crippen MR) is 104 cm³/mol. The second-order valence-corrected chi connectivity index (χ2v) is 7.24. The lowest BCUT2D eigenvalue weighted by molar-refractivity contribution is -0.114. The first-order valence-electron chi connectivity index (χ1n) is 8.70. The van der Waals surface area contributed by atoms with Crippen molar-refractivity contribution >= 4 is 23.1 Å². The molecule has 0 aliphatic carbocycles. The van der Waals surface area contributed by atoms with Gasteiger partial charge in [-0.15, -0.1) is 5.11 Å². The zero-order valence-electron chi connectivity index (χ0n) is 15.6. The zero-order chi connectivity index (χ0) is 19.6. The Morgan fingerprint density at radius 2 is 1.85 bits per heavy atom. The van der Waals surface area contributed by atoms with Crippen LogP contribution in [0.15, 0.2) is 64.5 Å². The quantitative estimate of drug-likeness (QED) is 0.492. The Bertz CT molecular complexity index is 974. The number of benzene rings is 2. The number of carbonyl (C=O) groups excluding carboxylic acids is 2. The molecule has 1 heterocycles. The van der Waals surface area contributed by atoms with Gasteiger partial charge in [0.1, 0.15) is 0 Å². The Labute approximate surface area is 158 Å². The van der Waals surface area contributed by atoms with Crippen molar-refractivity contribution in [2.45, 2.75) is 32.7 Å². The van der Waals surface area contributed by atoms with Crippen molar-refractivity contribution in [3.63, 3.8) is 0 Å². The molecule has 0 radical (unpaired) electrons. The van der Waals surface area contributed by atoms with Crippen LogP contribution in [0.4, 0.5) is 5.69 Å². The van der Waals surface area contributed by atoms with Gasteiger partial charge in [-0.05, 0) is 44.9 Å².